The molecule has 0 saturated carbocycles. The maximum atomic E-state index is 11.9. The third-order valence-corrected chi connectivity index (χ3v) is 3.85. The summed E-state index contributed by atoms with van der Waals surface area (Å²) >= 11 is 1.30. The molecule has 3 rings (SSSR count). The molecular formula is C14H12N6O3S. The summed E-state index contributed by atoms with van der Waals surface area (Å²) in [5, 5.41) is 19.0. The molecule has 9 nitrogen and oxygen atoms in total. The summed E-state index contributed by atoms with van der Waals surface area (Å²) in [7, 11) is 0. The Bertz CT molecular complexity index is 886. The molecule has 2 aromatic heterocycles. The van der Waals surface area contributed by atoms with Crippen LogP contribution in [0.3, 0.4) is 0 Å². The van der Waals surface area contributed by atoms with Crippen molar-refractivity contribution in [3.63, 3.8) is 0 Å². The van der Waals surface area contributed by atoms with Crippen LogP contribution in [-0.4, -0.2) is 30.6 Å². The molecule has 0 unspecified atom stereocenters. The molecule has 24 heavy (non-hydrogen) atoms. The first kappa shape index (κ1) is 15.7. The first-order chi connectivity index (χ1) is 11.5. The predicted octanol–water partition coefficient (Wildman–Crippen LogP) is 2.26. The zero-order chi connectivity index (χ0) is 17.1. The summed E-state index contributed by atoms with van der Waals surface area (Å²) in [4.78, 5) is 29.6. The number of carbonyl (C=O) groups excluding carboxylic acids is 1. The molecule has 0 aliphatic rings. The lowest BCUT2D eigenvalue weighted by atomic mass is 10.1. The molecule has 2 heterocycles. The normalized spacial score (nSPS) is 10.5. The minimum absolute atomic E-state index is 0.180. The molecule has 0 spiro atoms. The summed E-state index contributed by atoms with van der Waals surface area (Å²) in [6.45, 7) is 1.82. The lowest BCUT2D eigenvalue weighted by Gasteiger charge is -1.99. The van der Waals surface area contributed by atoms with E-state index < -0.39 is 10.9 Å². The number of nitrogens with one attached hydrogen (secondary N) is 1. The molecule has 0 atom stereocenters. The van der Waals surface area contributed by atoms with E-state index in [0.717, 1.165) is 27.8 Å². The van der Waals surface area contributed by atoms with E-state index in [0.29, 0.717) is 5.13 Å². The molecule has 0 bridgehead atoms. The minimum Gasteiger partial charge on any atom is -0.390 e. The van der Waals surface area contributed by atoms with Gasteiger partial charge in [0.1, 0.15) is 6.54 Å². The molecule has 1 N–H and O–H groups in total. The van der Waals surface area contributed by atoms with Crippen molar-refractivity contribution in [1.29, 1.82) is 0 Å². The number of carbonyl (C=O) groups is 1. The highest BCUT2D eigenvalue weighted by molar-refractivity contribution is 7.14. The monoisotopic (exact) mass is 344 g/mol. The van der Waals surface area contributed by atoms with Gasteiger partial charge in [-0.1, -0.05) is 34.8 Å². The number of nitro groups is 1. The van der Waals surface area contributed by atoms with E-state index in [-0.39, 0.29) is 12.5 Å². The van der Waals surface area contributed by atoms with Crippen molar-refractivity contribution >= 4 is 28.3 Å². The second-order valence-corrected chi connectivity index (χ2v) is 5.81. The Labute approximate surface area is 140 Å². The fourth-order valence-corrected chi connectivity index (χ4v) is 2.67. The van der Waals surface area contributed by atoms with Crippen LogP contribution in [0.4, 0.5) is 11.1 Å². The van der Waals surface area contributed by atoms with Gasteiger partial charge in [0.2, 0.25) is 12.2 Å². The van der Waals surface area contributed by atoms with E-state index in [1.54, 1.807) is 0 Å². The molecular weight excluding hydrogens is 332 g/mol. The standard InChI is InChI=1S/C14H12N6O3S/c1-9-2-4-10(5-3-9)11-7-24-14(16-11)17-12(21)6-19-8-15-13(18-19)20(22)23/h2-5,7-8H,6H2,1H3,(H,16,17,21). The summed E-state index contributed by atoms with van der Waals surface area (Å²) < 4.78 is 1.10. The van der Waals surface area contributed by atoms with Crippen molar-refractivity contribution in [3.05, 3.63) is 51.7 Å². The highest BCUT2D eigenvalue weighted by Gasteiger charge is 2.16. The third-order valence-electron chi connectivity index (χ3n) is 3.09. The predicted molar refractivity (Wildman–Crippen MR) is 87.6 cm³/mol. The number of anilines is 1. The van der Waals surface area contributed by atoms with Crippen LogP contribution in [0.25, 0.3) is 11.3 Å². The van der Waals surface area contributed by atoms with Gasteiger partial charge in [-0.2, -0.15) is 4.68 Å². The number of nitrogens with zero attached hydrogens (tertiary/aromatic N) is 5. The number of thiazole rings is 1. The first-order valence-electron chi connectivity index (χ1n) is 6.87. The summed E-state index contributed by atoms with van der Waals surface area (Å²) in [5.41, 5.74) is 2.89. The molecule has 0 saturated heterocycles. The van der Waals surface area contributed by atoms with Crippen LogP contribution in [0.5, 0.6) is 0 Å². The third kappa shape index (κ3) is 3.60. The molecule has 1 aromatic carbocycles. The van der Waals surface area contributed by atoms with Gasteiger partial charge in [-0.3, -0.25) is 4.79 Å². The van der Waals surface area contributed by atoms with Gasteiger partial charge >= 0.3 is 5.95 Å². The Balaban J connectivity index is 1.64. The maximum Gasteiger partial charge on any atom is 0.490 e. The lowest BCUT2D eigenvalue weighted by molar-refractivity contribution is -0.394. The van der Waals surface area contributed by atoms with E-state index in [1.165, 1.54) is 11.3 Å². The molecule has 10 heteroatoms. The number of aromatic nitrogens is 4. The Hall–Kier alpha value is -3.14. The number of aryl methyl sites for hydroxylation is 1. The average molecular weight is 344 g/mol. The smallest absolute Gasteiger partial charge is 0.390 e. The Morgan fingerprint density at radius 2 is 2.12 bits per heavy atom. The van der Waals surface area contributed by atoms with Crippen molar-refractivity contribution in [1.82, 2.24) is 19.7 Å². The molecule has 0 fully saturated rings. The highest BCUT2D eigenvalue weighted by Crippen LogP contribution is 2.25. The highest BCUT2D eigenvalue weighted by atomic mass is 32.1. The minimum atomic E-state index is -0.719. The summed E-state index contributed by atoms with van der Waals surface area (Å²) in [6.07, 6.45) is 1.14. The quantitative estimate of drug-likeness (QED) is 0.560. The lowest BCUT2D eigenvalue weighted by Crippen LogP contribution is -2.19. The van der Waals surface area contributed by atoms with Crippen LogP contribution in [-0.2, 0) is 11.3 Å². The first-order valence-corrected chi connectivity index (χ1v) is 7.75. The Morgan fingerprint density at radius 1 is 1.38 bits per heavy atom. The van der Waals surface area contributed by atoms with E-state index in [2.05, 4.69) is 20.4 Å². The van der Waals surface area contributed by atoms with E-state index in [4.69, 9.17) is 0 Å². The van der Waals surface area contributed by atoms with Gasteiger partial charge in [-0.25, -0.2) is 4.98 Å². The SMILES string of the molecule is Cc1ccc(-c2csc(NC(=O)Cn3cnc([N+](=O)[O-])n3)n2)cc1. The van der Waals surface area contributed by atoms with Crippen molar-refractivity contribution in [2.24, 2.45) is 0 Å². The van der Waals surface area contributed by atoms with Gasteiger partial charge in [-0.15, -0.1) is 11.3 Å². The molecule has 1 amide bonds. The van der Waals surface area contributed by atoms with Gasteiger partial charge < -0.3 is 15.4 Å². The van der Waals surface area contributed by atoms with Gasteiger partial charge in [0, 0.05) is 16.0 Å². The van der Waals surface area contributed by atoms with E-state index in [9.17, 15) is 14.9 Å². The number of rotatable bonds is 5. The second kappa shape index (κ2) is 6.54. The van der Waals surface area contributed by atoms with E-state index >= 15 is 0 Å². The van der Waals surface area contributed by atoms with Crippen LogP contribution < -0.4 is 5.32 Å². The Kier molecular flexibility index (Phi) is 4.29. The largest absolute Gasteiger partial charge is 0.490 e. The van der Waals surface area contributed by atoms with Gasteiger partial charge in [0.15, 0.2) is 5.13 Å². The van der Waals surface area contributed by atoms with Gasteiger partial charge in [-0.05, 0) is 11.8 Å². The maximum absolute atomic E-state index is 11.9. The van der Waals surface area contributed by atoms with Crippen LogP contribution in [0.1, 0.15) is 5.56 Å². The zero-order valence-corrected chi connectivity index (χ0v) is 13.4. The Morgan fingerprint density at radius 3 is 2.79 bits per heavy atom. The second-order valence-electron chi connectivity index (χ2n) is 4.95. The number of amides is 1. The van der Waals surface area contributed by atoms with E-state index in [1.807, 2.05) is 36.6 Å². The average Bonchev–Trinajstić information content (AvgIpc) is 3.17. The van der Waals surface area contributed by atoms with Crippen molar-refractivity contribution in [3.8, 4) is 11.3 Å². The molecule has 0 aliphatic carbocycles. The molecule has 0 radical (unpaired) electrons. The van der Waals surface area contributed by atoms with Crippen LogP contribution in [0, 0.1) is 17.0 Å². The number of benzene rings is 1. The number of hydrogen-bond donors (Lipinski definition) is 1. The van der Waals surface area contributed by atoms with Crippen molar-refractivity contribution in [2.75, 3.05) is 5.32 Å². The fraction of sp³-hybridized carbons (Fsp3) is 0.143. The molecule has 0 aliphatic heterocycles. The molecule has 3 aromatic rings. The zero-order valence-electron chi connectivity index (χ0n) is 12.5. The van der Waals surface area contributed by atoms with Crippen molar-refractivity contribution < 1.29 is 9.72 Å². The van der Waals surface area contributed by atoms with Crippen molar-refractivity contribution in [2.45, 2.75) is 13.5 Å². The summed E-state index contributed by atoms with van der Waals surface area (Å²) in [5.74, 6) is -0.932. The summed E-state index contributed by atoms with van der Waals surface area (Å²) in [6, 6.07) is 7.91. The van der Waals surface area contributed by atoms with Gasteiger partial charge in [0.05, 0.1) is 5.69 Å². The number of hydrogen-bond acceptors (Lipinski definition) is 7. The van der Waals surface area contributed by atoms with Gasteiger partial charge in [0.25, 0.3) is 0 Å². The topological polar surface area (TPSA) is 116 Å². The van der Waals surface area contributed by atoms with Crippen LogP contribution in [0.15, 0.2) is 36.0 Å². The van der Waals surface area contributed by atoms with Crippen LogP contribution in [0.2, 0.25) is 0 Å². The van der Waals surface area contributed by atoms with Crippen LogP contribution >= 0.6 is 11.3 Å². The molecule has 122 valence electrons. The fourth-order valence-electron chi connectivity index (χ4n) is 1.94.